The molecule has 0 aliphatic carbocycles. The maximum Gasteiger partial charge on any atom is 0.242 e. The summed E-state index contributed by atoms with van der Waals surface area (Å²) in [5, 5.41) is 50.2. The molecular formula is C100H160N24O16. The van der Waals surface area contributed by atoms with Crippen molar-refractivity contribution in [2.75, 3.05) is 105 Å². The standard InChI is InChI=1S/4C13H21N3O2.4C12H19N3O2/c4*17-12-11-6-5-9-3-1-4-10(13(18)16(9)11)14-7-2-8-15-12;4*16-11-10-5-3-8-2-4-9(12(17)15(8)10)13-6-1-7-14-11/h4*9-11,14H,1-8H2,(H,15,17);4*8-10,13H,1-7H2,(H,14,16)/t9-,10+,11+;9-,10+,11-;9-,10-,11+;9-,10-,11-;8-,9+,10+;8-,9+,10-;8-,9-,10+;8-,9-,10-/m10101010/s1. The van der Waals surface area contributed by atoms with Gasteiger partial charge in [-0.15, -0.1) is 0 Å². The van der Waals surface area contributed by atoms with E-state index in [9.17, 15) is 76.7 Å². The first kappa shape index (κ1) is 103. The molecule has 0 aromatic heterocycles. The van der Waals surface area contributed by atoms with Gasteiger partial charge in [-0.25, -0.2) is 0 Å². The van der Waals surface area contributed by atoms with E-state index in [1.54, 1.807) is 0 Å². The molecule has 40 heteroatoms. The molecule has 24 atom stereocenters. The number of fused-ring (bicyclic) bond motifs is 8. The summed E-state index contributed by atoms with van der Waals surface area (Å²) in [7, 11) is 0. The zero-order valence-corrected chi connectivity index (χ0v) is 82.4. The van der Waals surface area contributed by atoms with Crippen molar-refractivity contribution in [2.24, 2.45) is 0 Å². The highest BCUT2D eigenvalue weighted by Crippen LogP contribution is 2.41. The summed E-state index contributed by atoms with van der Waals surface area (Å²) in [6, 6.07) is 0.139. The van der Waals surface area contributed by atoms with Gasteiger partial charge < -0.3 is 124 Å². The number of rotatable bonds is 0. The van der Waals surface area contributed by atoms with Crippen LogP contribution in [-0.4, -0.2) is 383 Å². The molecular weight excluding hydrogens is 1790 g/mol. The number of carbonyl (C=O) groups excluding carboxylic acids is 16. The Bertz CT molecular complexity index is 3880. The lowest BCUT2D eigenvalue weighted by atomic mass is 9.98. The van der Waals surface area contributed by atoms with Gasteiger partial charge in [-0.2, -0.15) is 0 Å². The molecule has 16 bridgehead atoms. The Labute approximate surface area is 823 Å². The van der Waals surface area contributed by atoms with Crippen molar-refractivity contribution in [3.05, 3.63) is 0 Å². The van der Waals surface area contributed by atoms with Crippen LogP contribution in [0.3, 0.4) is 0 Å². The van der Waals surface area contributed by atoms with Crippen LogP contribution in [0.1, 0.15) is 283 Å². The molecule has 16 amide bonds. The van der Waals surface area contributed by atoms with E-state index < -0.39 is 0 Å². The van der Waals surface area contributed by atoms with Gasteiger partial charge in [0.25, 0.3) is 0 Å². The normalized spacial score (nSPS) is 37.5. The van der Waals surface area contributed by atoms with Crippen molar-refractivity contribution in [3.8, 4) is 0 Å². The van der Waals surface area contributed by atoms with Crippen LogP contribution in [0.5, 0.6) is 0 Å². The van der Waals surface area contributed by atoms with E-state index in [4.69, 9.17) is 0 Å². The molecule has 0 aromatic rings. The van der Waals surface area contributed by atoms with Crippen LogP contribution in [0.4, 0.5) is 0 Å². The Hall–Kier alpha value is -8.80. The third kappa shape index (κ3) is 23.7. The second kappa shape index (κ2) is 48.7. The van der Waals surface area contributed by atoms with Gasteiger partial charge in [0.2, 0.25) is 94.5 Å². The summed E-state index contributed by atoms with van der Waals surface area (Å²) in [4.78, 5) is 211. The molecule has 0 aromatic carbocycles. The molecule has 24 heterocycles. The third-order valence-corrected chi connectivity index (χ3v) is 34.5. The topological polar surface area (TPSA) is 492 Å². The maximum atomic E-state index is 12.6. The first-order valence-electron chi connectivity index (χ1n) is 54.8. The number of nitrogens with one attached hydrogen (secondary N) is 16. The number of nitrogens with zero attached hydrogens (tertiary/aromatic N) is 8. The summed E-state index contributed by atoms with van der Waals surface area (Å²) >= 11 is 0. The SMILES string of the molecule is O=C1NCCCN[C@@H]2CCC[C@@H]3CC[C@@H]1N3C2=O.O=C1NCCCN[C@@H]2CCC[C@H]3CC[C@@H]1N3C2=O.O=C1NCCCN[C@@H]2CC[C@@H]3CC[C@@H]1N3C2=O.O=C1NCCCN[C@@H]2CC[C@H]3CC[C@@H]1N3C2=O.O=C1NCCCN[C@H]2CCC[C@@H]3CC[C@@H]1N3C2=O.O=C1NCCCN[C@H]2CCC[C@H]3CC[C@@H]1N3C2=O.O=C1NCCCN[C@H]2CC[C@@H]3CC[C@@H]1N3C2=O.O=C1NCCCN[C@H]2CC[C@H]3CC[C@@H]1N3C2=O. The van der Waals surface area contributed by atoms with Gasteiger partial charge in [0.05, 0.1) is 48.3 Å². The molecule has 24 aliphatic heterocycles. The summed E-state index contributed by atoms with van der Waals surface area (Å²) in [6.45, 7) is 12.1. The smallest absolute Gasteiger partial charge is 0.242 e. The molecule has 776 valence electrons. The van der Waals surface area contributed by atoms with Gasteiger partial charge in [-0.1, -0.05) is 0 Å². The van der Waals surface area contributed by atoms with E-state index in [-0.39, 0.29) is 191 Å². The van der Waals surface area contributed by atoms with Crippen molar-refractivity contribution >= 4 is 94.5 Å². The third-order valence-electron chi connectivity index (χ3n) is 34.5. The monoisotopic (exact) mass is 1950 g/mol. The molecule has 40 nitrogen and oxygen atoms in total. The fraction of sp³-hybridized carbons (Fsp3) is 0.840. The van der Waals surface area contributed by atoms with Crippen molar-refractivity contribution in [1.29, 1.82) is 0 Å². The first-order valence-corrected chi connectivity index (χ1v) is 54.8. The van der Waals surface area contributed by atoms with E-state index in [2.05, 4.69) is 85.1 Å². The fourth-order valence-corrected chi connectivity index (χ4v) is 27.2. The minimum Gasteiger partial charge on any atom is -0.354 e. The molecule has 24 aliphatic rings. The molecule has 0 saturated carbocycles. The van der Waals surface area contributed by atoms with Crippen molar-refractivity contribution in [1.82, 2.24) is 124 Å². The zero-order chi connectivity index (χ0) is 97.5. The predicted octanol–water partition coefficient (Wildman–Crippen LogP) is -1.50. The number of carbonyl (C=O) groups is 16. The lowest BCUT2D eigenvalue weighted by Gasteiger charge is -2.38. The van der Waals surface area contributed by atoms with Crippen LogP contribution in [0.25, 0.3) is 0 Å². The van der Waals surface area contributed by atoms with E-state index in [0.717, 1.165) is 335 Å². The van der Waals surface area contributed by atoms with Crippen molar-refractivity contribution in [3.63, 3.8) is 0 Å². The number of hydrogen-bond acceptors (Lipinski definition) is 24. The molecule has 24 fully saturated rings. The lowest BCUT2D eigenvalue weighted by molar-refractivity contribution is -0.145. The van der Waals surface area contributed by atoms with Crippen LogP contribution in [-0.2, 0) is 76.7 Å². The van der Waals surface area contributed by atoms with E-state index in [1.165, 1.54) is 0 Å². The average molecular weight is 1950 g/mol. The van der Waals surface area contributed by atoms with Crippen molar-refractivity contribution in [2.45, 2.75) is 428 Å². The number of hydrogen-bond donors (Lipinski definition) is 16. The van der Waals surface area contributed by atoms with Gasteiger partial charge in [-0.05, 0) is 335 Å². The van der Waals surface area contributed by atoms with Crippen LogP contribution in [0.15, 0.2) is 0 Å². The molecule has 24 rings (SSSR count). The molecule has 24 saturated heterocycles. The first-order chi connectivity index (χ1) is 68.2. The molecule has 0 spiro atoms. The van der Waals surface area contributed by atoms with E-state index in [0.29, 0.717) is 101 Å². The second-order valence-electron chi connectivity index (χ2n) is 43.2. The van der Waals surface area contributed by atoms with Gasteiger partial charge in [-0.3, -0.25) is 76.7 Å². The summed E-state index contributed by atoms with van der Waals surface area (Å²) < 4.78 is 0. The quantitative estimate of drug-likeness (QED) is 0.131. The maximum absolute atomic E-state index is 12.6. The molecule has 0 radical (unpaired) electrons. The highest BCUT2D eigenvalue weighted by Gasteiger charge is 2.54. The number of piperidine rings is 4. The molecule has 0 unspecified atom stereocenters. The number of amides is 16. The Morgan fingerprint density at radius 1 is 0.129 bits per heavy atom. The average Bonchev–Trinajstić information content (AvgIpc) is 1.63. The molecule has 16 N–H and O–H groups in total. The van der Waals surface area contributed by atoms with Crippen LogP contribution in [0, 0.1) is 0 Å². The zero-order valence-electron chi connectivity index (χ0n) is 82.4. The van der Waals surface area contributed by atoms with Gasteiger partial charge in [0.15, 0.2) is 0 Å². The summed E-state index contributed by atoms with van der Waals surface area (Å²) in [6.07, 6.45) is 41.7. The van der Waals surface area contributed by atoms with Crippen LogP contribution >= 0.6 is 0 Å². The van der Waals surface area contributed by atoms with Gasteiger partial charge in [0.1, 0.15) is 48.3 Å². The van der Waals surface area contributed by atoms with Crippen LogP contribution < -0.4 is 85.1 Å². The molecule has 140 heavy (non-hydrogen) atoms. The summed E-state index contributed by atoms with van der Waals surface area (Å²) in [5.41, 5.74) is 0. The highest BCUT2D eigenvalue weighted by atomic mass is 16.2. The Morgan fingerprint density at radius 2 is 0.250 bits per heavy atom. The van der Waals surface area contributed by atoms with E-state index in [1.807, 2.05) is 39.2 Å². The minimum absolute atomic E-state index is 0.0448. The Kier molecular flexibility index (Phi) is 35.7. The predicted molar refractivity (Wildman–Crippen MR) is 517 cm³/mol. The lowest BCUT2D eigenvalue weighted by Crippen LogP contribution is -2.59. The van der Waals surface area contributed by atoms with Gasteiger partial charge >= 0.3 is 0 Å². The largest absolute Gasteiger partial charge is 0.354 e. The second-order valence-corrected chi connectivity index (χ2v) is 43.2. The summed E-state index contributed by atoms with van der Waals surface area (Å²) in [5.74, 6) is 1.54. The minimum atomic E-state index is -0.219. The van der Waals surface area contributed by atoms with Crippen molar-refractivity contribution < 1.29 is 76.7 Å². The van der Waals surface area contributed by atoms with Crippen LogP contribution in [0.2, 0.25) is 0 Å². The highest BCUT2D eigenvalue weighted by molar-refractivity contribution is 5.97. The Balaban J connectivity index is 0.000000110. The van der Waals surface area contributed by atoms with Gasteiger partial charge in [0, 0.05) is 101 Å². The fourth-order valence-electron chi connectivity index (χ4n) is 27.2. The Morgan fingerprint density at radius 3 is 0.393 bits per heavy atom. The van der Waals surface area contributed by atoms with E-state index >= 15 is 0 Å².